The number of rotatable bonds is 10. The summed E-state index contributed by atoms with van der Waals surface area (Å²) in [7, 11) is 0. The first-order chi connectivity index (χ1) is 10.8. The highest BCUT2D eigenvalue weighted by atomic mass is 17.3. The molecule has 24 heavy (non-hydrogen) atoms. The highest BCUT2D eigenvalue weighted by molar-refractivity contribution is 5.71. The molecule has 0 fully saturated rings. The van der Waals surface area contributed by atoms with Crippen molar-refractivity contribution >= 4 is 5.97 Å². The van der Waals surface area contributed by atoms with Crippen molar-refractivity contribution in [3.05, 3.63) is 0 Å². The molecule has 1 unspecified atom stereocenters. The molecule has 0 aromatic heterocycles. The van der Waals surface area contributed by atoms with Crippen LogP contribution in [-0.2, 0) is 29.2 Å². The van der Waals surface area contributed by atoms with Gasteiger partial charge in [0.1, 0.15) is 0 Å². The summed E-state index contributed by atoms with van der Waals surface area (Å²) in [5, 5.41) is 8.73. The van der Waals surface area contributed by atoms with Crippen LogP contribution in [0.4, 0.5) is 0 Å². The summed E-state index contributed by atoms with van der Waals surface area (Å²) in [5.41, 5.74) is -1.13. The van der Waals surface area contributed by atoms with E-state index in [-0.39, 0.29) is 6.42 Å². The Labute approximate surface area is 145 Å². The van der Waals surface area contributed by atoms with Gasteiger partial charge >= 0.3 is 5.97 Å². The average Bonchev–Trinajstić information content (AvgIpc) is 2.45. The molecule has 0 saturated heterocycles. The van der Waals surface area contributed by atoms with Gasteiger partial charge in [0.15, 0.2) is 0 Å². The molecule has 1 N–H and O–H groups in total. The van der Waals surface area contributed by atoms with Gasteiger partial charge in [-0.25, -0.2) is 14.6 Å². The van der Waals surface area contributed by atoms with Crippen LogP contribution >= 0.6 is 0 Å². The molecule has 1 atom stereocenters. The Balaban J connectivity index is 5.13. The second-order valence-corrected chi connectivity index (χ2v) is 8.15. The van der Waals surface area contributed by atoms with E-state index in [0.29, 0.717) is 6.42 Å². The summed E-state index contributed by atoms with van der Waals surface area (Å²) in [5.74, 6) is -2.67. The number of hydrogen-bond donors (Lipinski definition) is 1. The molecule has 0 spiro atoms. The predicted molar refractivity (Wildman–Crippen MR) is 88.6 cm³/mol. The molecular weight excluding hydrogens is 316 g/mol. The molecule has 7 heteroatoms. The highest BCUT2D eigenvalue weighted by Gasteiger charge is 2.39. The van der Waals surface area contributed by atoms with Crippen molar-refractivity contribution in [1.82, 2.24) is 0 Å². The maximum atomic E-state index is 11.8. The SMILES string of the molecule is CCCCC(CC(C)(OOC(C)(C)C)OOC(C)(C)C)C(=O)OO. The van der Waals surface area contributed by atoms with E-state index >= 15 is 0 Å². The van der Waals surface area contributed by atoms with E-state index in [1.807, 2.05) is 48.5 Å². The highest BCUT2D eigenvalue weighted by Crippen LogP contribution is 2.30. The van der Waals surface area contributed by atoms with Crippen molar-refractivity contribution in [2.75, 3.05) is 0 Å². The van der Waals surface area contributed by atoms with E-state index in [1.54, 1.807) is 6.92 Å². The van der Waals surface area contributed by atoms with Crippen molar-refractivity contribution in [2.45, 2.75) is 98.1 Å². The molecular formula is C17H34O7. The van der Waals surface area contributed by atoms with E-state index in [0.717, 1.165) is 12.8 Å². The molecule has 0 heterocycles. The zero-order chi connectivity index (χ0) is 19.0. The van der Waals surface area contributed by atoms with Crippen molar-refractivity contribution in [2.24, 2.45) is 5.92 Å². The molecule has 0 aliphatic rings. The van der Waals surface area contributed by atoms with E-state index in [4.69, 9.17) is 24.8 Å². The quantitative estimate of drug-likeness (QED) is 0.355. The summed E-state index contributed by atoms with van der Waals surface area (Å²) in [6, 6.07) is 0. The van der Waals surface area contributed by atoms with Gasteiger partial charge in [0, 0.05) is 6.42 Å². The van der Waals surface area contributed by atoms with E-state index in [9.17, 15) is 4.79 Å². The third kappa shape index (κ3) is 10.9. The average molecular weight is 350 g/mol. The molecule has 0 aromatic carbocycles. The lowest BCUT2D eigenvalue weighted by Gasteiger charge is -2.34. The number of unbranched alkanes of at least 4 members (excludes halogenated alkanes) is 1. The lowest BCUT2D eigenvalue weighted by Crippen LogP contribution is -2.41. The van der Waals surface area contributed by atoms with Crippen LogP contribution in [0.5, 0.6) is 0 Å². The van der Waals surface area contributed by atoms with Gasteiger partial charge in [0.25, 0.3) is 0 Å². The Kier molecular flexibility index (Phi) is 9.38. The van der Waals surface area contributed by atoms with Crippen LogP contribution in [0, 0.1) is 5.92 Å². The van der Waals surface area contributed by atoms with Crippen LogP contribution in [0.2, 0.25) is 0 Å². The summed E-state index contributed by atoms with van der Waals surface area (Å²) in [4.78, 5) is 37.4. The van der Waals surface area contributed by atoms with Gasteiger partial charge in [-0.1, -0.05) is 19.8 Å². The van der Waals surface area contributed by atoms with Gasteiger partial charge in [-0.2, -0.15) is 15.0 Å². The standard InChI is InChI=1S/C17H34O7/c1-9-10-11-13(14(18)20-19)12-17(8,23-21-15(2,3)4)24-22-16(5,6)7/h13,19H,9-12H2,1-8H3. The minimum atomic E-state index is -1.34. The largest absolute Gasteiger partial charge is 0.345 e. The van der Waals surface area contributed by atoms with Gasteiger partial charge in [-0.3, -0.25) is 0 Å². The van der Waals surface area contributed by atoms with Crippen molar-refractivity contribution in [3.8, 4) is 0 Å². The van der Waals surface area contributed by atoms with Crippen LogP contribution in [0.3, 0.4) is 0 Å². The first-order valence-corrected chi connectivity index (χ1v) is 8.41. The minimum Gasteiger partial charge on any atom is -0.301 e. The third-order valence-electron chi connectivity index (χ3n) is 2.88. The zero-order valence-corrected chi connectivity index (χ0v) is 16.3. The van der Waals surface area contributed by atoms with Crippen LogP contribution in [0.1, 0.15) is 81.1 Å². The molecule has 0 amide bonds. The normalized spacial score (nSPS) is 14.5. The summed E-state index contributed by atoms with van der Waals surface area (Å²) in [6.07, 6.45) is 2.35. The maximum Gasteiger partial charge on any atom is 0.345 e. The predicted octanol–water partition coefficient (Wildman–Crippen LogP) is 4.41. The second kappa shape index (κ2) is 9.68. The Bertz CT molecular complexity index is 350. The molecule has 0 aliphatic heterocycles. The summed E-state index contributed by atoms with van der Waals surface area (Å²) < 4.78 is 0. The number of carbonyl (C=O) groups excluding carboxylic acids is 1. The second-order valence-electron chi connectivity index (χ2n) is 8.15. The summed E-state index contributed by atoms with van der Waals surface area (Å²) >= 11 is 0. The fourth-order valence-corrected chi connectivity index (χ4v) is 1.78. The van der Waals surface area contributed by atoms with Gasteiger partial charge in [0.05, 0.1) is 17.1 Å². The Morgan fingerprint density at radius 3 is 1.71 bits per heavy atom. The minimum absolute atomic E-state index is 0.110. The monoisotopic (exact) mass is 350 g/mol. The first-order valence-electron chi connectivity index (χ1n) is 8.41. The smallest absolute Gasteiger partial charge is 0.301 e. The molecule has 7 nitrogen and oxygen atoms in total. The number of carbonyl (C=O) groups is 1. The van der Waals surface area contributed by atoms with Gasteiger partial charge in [0.2, 0.25) is 5.79 Å². The Morgan fingerprint density at radius 1 is 0.917 bits per heavy atom. The van der Waals surface area contributed by atoms with Crippen molar-refractivity contribution in [3.63, 3.8) is 0 Å². The van der Waals surface area contributed by atoms with Gasteiger partial charge in [-0.05, 0) is 54.9 Å². The summed E-state index contributed by atoms with van der Waals surface area (Å²) in [6.45, 7) is 14.6. The Hall–Kier alpha value is -0.730. The molecule has 0 radical (unpaired) electrons. The molecule has 0 aromatic rings. The number of hydrogen-bond acceptors (Lipinski definition) is 7. The van der Waals surface area contributed by atoms with E-state index < -0.39 is 28.9 Å². The molecule has 144 valence electrons. The van der Waals surface area contributed by atoms with Crippen LogP contribution in [0.15, 0.2) is 0 Å². The van der Waals surface area contributed by atoms with Crippen LogP contribution in [0.25, 0.3) is 0 Å². The first kappa shape index (κ1) is 23.3. The Morgan fingerprint density at radius 2 is 1.38 bits per heavy atom. The molecule has 0 aliphatic carbocycles. The molecule has 0 rings (SSSR count). The third-order valence-corrected chi connectivity index (χ3v) is 2.88. The molecule has 0 bridgehead atoms. The topological polar surface area (TPSA) is 83.5 Å². The molecule has 0 saturated carbocycles. The van der Waals surface area contributed by atoms with Crippen molar-refractivity contribution < 1.29 is 34.5 Å². The van der Waals surface area contributed by atoms with E-state index in [2.05, 4.69) is 4.89 Å². The van der Waals surface area contributed by atoms with Gasteiger partial charge < -0.3 is 4.89 Å². The van der Waals surface area contributed by atoms with Gasteiger partial charge in [-0.15, -0.1) is 0 Å². The lowest BCUT2D eigenvalue weighted by atomic mass is 9.94. The fraction of sp³-hybridized carbons (Fsp3) is 0.941. The van der Waals surface area contributed by atoms with Crippen LogP contribution < -0.4 is 0 Å². The van der Waals surface area contributed by atoms with Crippen molar-refractivity contribution in [1.29, 1.82) is 0 Å². The van der Waals surface area contributed by atoms with E-state index in [1.165, 1.54) is 0 Å². The lowest BCUT2D eigenvalue weighted by molar-refractivity contribution is -0.538. The van der Waals surface area contributed by atoms with Crippen LogP contribution in [-0.4, -0.2) is 28.2 Å². The fourth-order valence-electron chi connectivity index (χ4n) is 1.78. The zero-order valence-electron chi connectivity index (χ0n) is 16.3. The maximum absolute atomic E-state index is 11.8.